The van der Waals surface area contributed by atoms with E-state index in [1.54, 1.807) is 5.56 Å². The van der Waals surface area contributed by atoms with Crippen molar-refractivity contribution in [1.82, 2.24) is 9.80 Å². The van der Waals surface area contributed by atoms with Crippen LogP contribution in [0.1, 0.15) is 82.1 Å². The van der Waals surface area contributed by atoms with E-state index in [0.29, 0.717) is 0 Å². The van der Waals surface area contributed by atoms with Crippen LogP contribution in [0, 0.1) is 5.92 Å². The monoisotopic (exact) mass is 366 g/mol. The van der Waals surface area contributed by atoms with Gasteiger partial charge in [0.25, 0.3) is 0 Å². The molecule has 0 spiro atoms. The Morgan fingerprint density at radius 1 is 0.667 bits per heavy atom. The predicted octanol–water partition coefficient (Wildman–Crippen LogP) is 5.44. The normalized spacial score (nSPS) is 36.6. The molecule has 5 rings (SSSR count). The molecule has 2 aliphatic carbocycles. The van der Waals surface area contributed by atoms with E-state index >= 15 is 0 Å². The highest BCUT2D eigenvalue weighted by atomic mass is 15.3. The third-order valence-electron chi connectivity index (χ3n) is 8.41. The van der Waals surface area contributed by atoms with Gasteiger partial charge in [-0.2, -0.15) is 0 Å². The molecule has 0 N–H and O–H groups in total. The molecule has 2 saturated carbocycles. The van der Waals surface area contributed by atoms with Crippen molar-refractivity contribution in [2.75, 3.05) is 19.6 Å². The van der Waals surface area contributed by atoms with Crippen LogP contribution in [0.25, 0.3) is 0 Å². The summed E-state index contributed by atoms with van der Waals surface area (Å²) in [5.74, 6) is 1.79. The average molecular weight is 367 g/mol. The van der Waals surface area contributed by atoms with Crippen LogP contribution in [0.3, 0.4) is 0 Å². The molecule has 4 fully saturated rings. The van der Waals surface area contributed by atoms with E-state index in [4.69, 9.17) is 0 Å². The first-order valence-corrected chi connectivity index (χ1v) is 11.9. The minimum absolute atomic E-state index is 0.809. The summed E-state index contributed by atoms with van der Waals surface area (Å²) in [7, 11) is 0. The van der Waals surface area contributed by atoms with Crippen LogP contribution in [-0.4, -0.2) is 47.6 Å². The van der Waals surface area contributed by atoms with E-state index in [0.717, 1.165) is 30.0 Å². The zero-order chi connectivity index (χ0) is 18.1. The van der Waals surface area contributed by atoms with E-state index in [2.05, 4.69) is 40.1 Å². The van der Waals surface area contributed by atoms with Gasteiger partial charge in [0.2, 0.25) is 0 Å². The van der Waals surface area contributed by atoms with Crippen molar-refractivity contribution in [2.45, 2.75) is 94.7 Å². The summed E-state index contributed by atoms with van der Waals surface area (Å²) in [6.07, 6.45) is 16.0. The summed E-state index contributed by atoms with van der Waals surface area (Å²) in [6, 6.07) is 13.9. The smallest absolute Gasteiger partial charge is 0.0283 e. The van der Waals surface area contributed by atoms with E-state index in [9.17, 15) is 0 Å². The van der Waals surface area contributed by atoms with Crippen LogP contribution in [0.5, 0.6) is 0 Å². The van der Waals surface area contributed by atoms with Gasteiger partial charge in [-0.3, -0.25) is 9.80 Å². The molecule has 27 heavy (non-hydrogen) atoms. The summed E-state index contributed by atoms with van der Waals surface area (Å²) in [4.78, 5) is 5.93. The lowest BCUT2D eigenvalue weighted by molar-refractivity contribution is -0.0336. The number of rotatable bonds is 3. The van der Waals surface area contributed by atoms with Gasteiger partial charge in [-0.25, -0.2) is 0 Å². The van der Waals surface area contributed by atoms with Crippen LogP contribution in [0.4, 0.5) is 0 Å². The maximum Gasteiger partial charge on any atom is 0.0283 e. The Kier molecular flexibility index (Phi) is 5.56. The largest absolute Gasteiger partial charge is 0.298 e. The molecular weight excluding hydrogens is 328 g/mol. The third-order valence-corrected chi connectivity index (χ3v) is 8.41. The van der Waals surface area contributed by atoms with Crippen LogP contribution < -0.4 is 0 Å². The van der Waals surface area contributed by atoms with Crippen molar-refractivity contribution in [1.29, 1.82) is 0 Å². The Bertz CT molecular complexity index is 586. The Labute approximate surface area is 166 Å². The van der Waals surface area contributed by atoms with Crippen molar-refractivity contribution < 1.29 is 0 Å². The Hall–Kier alpha value is -0.860. The molecular formula is C25H38N2. The fourth-order valence-electron chi connectivity index (χ4n) is 7.08. The van der Waals surface area contributed by atoms with Crippen molar-refractivity contribution >= 4 is 0 Å². The van der Waals surface area contributed by atoms with Gasteiger partial charge in [0.1, 0.15) is 0 Å². The fraction of sp³-hybridized carbons (Fsp3) is 0.760. The molecule has 148 valence electrons. The standard InChI is InChI=1S/C25H38N2/c1-3-8-20(9-4-1)21-13-15-23(16-14-21)27-19-18-26-17-7-12-24(26)25(27)22-10-5-2-6-11-22/h1,3-4,8-9,21-25H,2,5-7,10-19H2/t21?,23?,24-,25-/m0/s1. The number of piperazine rings is 1. The Morgan fingerprint density at radius 3 is 2.22 bits per heavy atom. The first kappa shape index (κ1) is 18.2. The Morgan fingerprint density at radius 2 is 1.44 bits per heavy atom. The second-order valence-electron chi connectivity index (χ2n) is 9.79. The lowest BCUT2D eigenvalue weighted by atomic mass is 9.76. The molecule has 1 aromatic carbocycles. The molecule has 4 aliphatic rings. The van der Waals surface area contributed by atoms with Gasteiger partial charge >= 0.3 is 0 Å². The molecule has 2 heteroatoms. The van der Waals surface area contributed by atoms with Crippen molar-refractivity contribution in [3.8, 4) is 0 Å². The first-order chi connectivity index (χ1) is 13.4. The summed E-state index contributed by atoms with van der Waals surface area (Å²) in [6.45, 7) is 4.06. The predicted molar refractivity (Wildman–Crippen MR) is 113 cm³/mol. The topological polar surface area (TPSA) is 6.48 Å². The van der Waals surface area contributed by atoms with Gasteiger partial charge in [-0.05, 0) is 75.3 Å². The van der Waals surface area contributed by atoms with E-state index in [-0.39, 0.29) is 0 Å². The Balaban J connectivity index is 1.29. The third kappa shape index (κ3) is 3.72. The molecule has 2 saturated heterocycles. The van der Waals surface area contributed by atoms with E-state index in [1.165, 1.54) is 90.3 Å². The SMILES string of the molecule is c1ccc(C2CCC(N3CCN4CCC[C@H]4[C@@H]3C3CCCCC3)CC2)cc1. The highest BCUT2D eigenvalue weighted by molar-refractivity contribution is 5.20. The summed E-state index contributed by atoms with van der Waals surface area (Å²) in [5.41, 5.74) is 1.58. The molecule has 0 bridgehead atoms. The van der Waals surface area contributed by atoms with Crippen LogP contribution >= 0.6 is 0 Å². The van der Waals surface area contributed by atoms with E-state index in [1.807, 2.05) is 0 Å². The molecule has 1 aromatic rings. The van der Waals surface area contributed by atoms with Crippen LogP contribution in [-0.2, 0) is 0 Å². The molecule has 2 atom stereocenters. The number of hydrogen-bond donors (Lipinski definition) is 0. The van der Waals surface area contributed by atoms with Crippen molar-refractivity contribution in [3.63, 3.8) is 0 Å². The van der Waals surface area contributed by atoms with E-state index < -0.39 is 0 Å². The minimum atomic E-state index is 0.809. The lowest BCUT2D eigenvalue weighted by Crippen LogP contribution is -2.63. The first-order valence-electron chi connectivity index (χ1n) is 11.9. The van der Waals surface area contributed by atoms with Gasteiger partial charge in [0.05, 0.1) is 0 Å². The molecule has 0 unspecified atom stereocenters. The van der Waals surface area contributed by atoms with Gasteiger partial charge in [0, 0.05) is 31.2 Å². The summed E-state index contributed by atoms with van der Waals surface area (Å²) >= 11 is 0. The summed E-state index contributed by atoms with van der Waals surface area (Å²) in [5, 5.41) is 0. The zero-order valence-corrected chi connectivity index (χ0v) is 17.1. The van der Waals surface area contributed by atoms with Crippen molar-refractivity contribution in [3.05, 3.63) is 35.9 Å². The van der Waals surface area contributed by atoms with Crippen molar-refractivity contribution in [2.24, 2.45) is 5.92 Å². The molecule has 0 aromatic heterocycles. The maximum atomic E-state index is 3.06. The average Bonchev–Trinajstić information content (AvgIpc) is 3.23. The second-order valence-corrected chi connectivity index (χ2v) is 9.79. The molecule has 2 aliphatic heterocycles. The van der Waals surface area contributed by atoms with Gasteiger partial charge < -0.3 is 0 Å². The highest BCUT2D eigenvalue weighted by Crippen LogP contribution is 2.42. The number of fused-ring (bicyclic) bond motifs is 1. The molecule has 0 radical (unpaired) electrons. The fourth-order valence-corrected chi connectivity index (χ4v) is 7.08. The molecule has 0 amide bonds. The summed E-state index contributed by atoms with van der Waals surface area (Å²) < 4.78 is 0. The van der Waals surface area contributed by atoms with Crippen LogP contribution in [0.15, 0.2) is 30.3 Å². The number of hydrogen-bond acceptors (Lipinski definition) is 2. The zero-order valence-electron chi connectivity index (χ0n) is 17.1. The highest BCUT2D eigenvalue weighted by Gasteiger charge is 2.45. The molecule has 2 nitrogen and oxygen atoms in total. The second kappa shape index (κ2) is 8.25. The quantitative estimate of drug-likeness (QED) is 0.702. The maximum absolute atomic E-state index is 3.06. The number of benzene rings is 1. The lowest BCUT2D eigenvalue weighted by Gasteiger charge is -2.53. The van der Waals surface area contributed by atoms with Crippen LogP contribution in [0.2, 0.25) is 0 Å². The van der Waals surface area contributed by atoms with Gasteiger partial charge in [-0.1, -0.05) is 49.6 Å². The van der Waals surface area contributed by atoms with Gasteiger partial charge in [-0.15, -0.1) is 0 Å². The minimum Gasteiger partial charge on any atom is -0.298 e. The number of nitrogens with zero attached hydrogens (tertiary/aromatic N) is 2. The van der Waals surface area contributed by atoms with Gasteiger partial charge in [0.15, 0.2) is 0 Å². The molecule has 2 heterocycles.